The maximum absolute atomic E-state index is 12.2. The van der Waals surface area contributed by atoms with Gasteiger partial charge in [-0.15, -0.1) is 0 Å². The summed E-state index contributed by atoms with van der Waals surface area (Å²) >= 11 is 0. The molecule has 0 radical (unpaired) electrons. The molecule has 0 amide bonds. The smallest absolute Gasteiger partial charge is 0.214 e. The Labute approximate surface area is 127 Å². The minimum atomic E-state index is -3.16. The topological polar surface area (TPSA) is 99.2 Å². The van der Waals surface area contributed by atoms with Crippen LogP contribution in [0.4, 0.5) is 0 Å². The fourth-order valence-corrected chi connectivity index (χ4v) is 4.28. The molecule has 0 bridgehead atoms. The summed E-state index contributed by atoms with van der Waals surface area (Å²) in [6, 6.07) is -0.129. The predicted octanol–water partition coefficient (Wildman–Crippen LogP) is 0.505. The molecule has 1 heterocycles. The quantitative estimate of drug-likeness (QED) is 0.308. The molecular weight excluding hydrogens is 292 g/mol. The lowest BCUT2D eigenvalue weighted by atomic mass is 10.1. The van der Waals surface area contributed by atoms with E-state index < -0.39 is 10.0 Å². The molecule has 0 saturated carbocycles. The largest absolute Gasteiger partial charge is 0.409 e. The monoisotopic (exact) mass is 320 g/mol. The van der Waals surface area contributed by atoms with Gasteiger partial charge in [-0.2, -0.15) is 4.31 Å². The Hall–Kier alpha value is -0.860. The van der Waals surface area contributed by atoms with Gasteiger partial charge in [0.05, 0.1) is 11.8 Å². The molecule has 21 heavy (non-hydrogen) atoms. The van der Waals surface area contributed by atoms with E-state index in [0.717, 1.165) is 6.42 Å². The zero-order chi connectivity index (χ0) is 16.0. The highest BCUT2D eigenvalue weighted by Gasteiger charge is 2.30. The van der Waals surface area contributed by atoms with Crippen LogP contribution in [-0.2, 0) is 10.0 Å². The Morgan fingerprint density at radius 3 is 2.29 bits per heavy atom. The van der Waals surface area contributed by atoms with E-state index in [-0.39, 0.29) is 17.6 Å². The predicted molar refractivity (Wildman–Crippen MR) is 83.9 cm³/mol. The Bertz CT molecular complexity index is 442. The van der Waals surface area contributed by atoms with Crippen molar-refractivity contribution in [2.45, 2.75) is 39.7 Å². The van der Waals surface area contributed by atoms with Gasteiger partial charge >= 0.3 is 0 Å². The zero-order valence-corrected chi connectivity index (χ0v) is 14.0. The second-order valence-corrected chi connectivity index (χ2v) is 7.97. The molecule has 1 rings (SSSR count). The van der Waals surface area contributed by atoms with Gasteiger partial charge in [0.1, 0.15) is 0 Å². The summed E-state index contributed by atoms with van der Waals surface area (Å²) in [5.74, 6) is 0.780. The van der Waals surface area contributed by atoms with Crippen molar-refractivity contribution < 1.29 is 13.6 Å². The first-order valence-corrected chi connectivity index (χ1v) is 9.12. The van der Waals surface area contributed by atoms with Crippen LogP contribution in [0.15, 0.2) is 5.16 Å². The molecular formula is C13H28N4O3S. The Morgan fingerprint density at radius 2 is 1.86 bits per heavy atom. The molecule has 1 aliphatic heterocycles. The van der Waals surface area contributed by atoms with Gasteiger partial charge in [0.15, 0.2) is 5.84 Å². The number of sulfonamides is 1. The molecule has 1 atom stereocenters. The zero-order valence-electron chi connectivity index (χ0n) is 13.2. The summed E-state index contributed by atoms with van der Waals surface area (Å²) in [5, 5.41) is 11.9. The van der Waals surface area contributed by atoms with Crippen LogP contribution in [0.2, 0.25) is 0 Å². The molecule has 1 fully saturated rings. The number of amidine groups is 1. The van der Waals surface area contributed by atoms with Crippen LogP contribution in [0.25, 0.3) is 0 Å². The van der Waals surface area contributed by atoms with Gasteiger partial charge in [0.25, 0.3) is 0 Å². The normalized spacial score (nSPS) is 20.9. The van der Waals surface area contributed by atoms with Crippen molar-refractivity contribution in [2.24, 2.45) is 16.8 Å². The Balaban J connectivity index is 2.59. The van der Waals surface area contributed by atoms with E-state index >= 15 is 0 Å². The van der Waals surface area contributed by atoms with E-state index in [2.05, 4.69) is 10.1 Å². The minimum Gasteiger partial charge on any atom is -0.409 e. The van der Waals surface area contributed by atoms with Crippen molar-refractivity contribution >= 4 is 15.9 Å². The van der Waals surface area contributed by atoms with Crippen molar-refractivity contribution in [2.75, 3.05) is 31.9 Å². The second kappa shape index (κ2) is 7.95. The molecule has 0 aromatic rings. The average molecular weight is 320 g/mol. The van der Waals surface area contributed by atoms with Crippen molar-refractivity contribution in [1.82, 2.24) is 9.21 Å². The standard InChI is InChI=1S/C13H28N4O3S/c1-4-12(13(14)15-18)16-6-8-17(9-7-16)21(19,20)10-5-11(2)3/h11-12,18H,4-10H2,1-3H3,(H2,14,15). The first kappa shape index (κ1) is 18.2. The van der Waals surface area contributed by atoms with Gasteiger partial charge < -0.3 is 10.9 Å². The van der Waals surface area contributed by atoms with Crippen LogP contribution in [0, 0.1) is 5.92 Å². The highest BCUT2D eigenvalue weighted by Crippen LogP contribution is 2.14. The van der Waals surface area contributed by atoms with E-state index in [1.165, 1.54) is 0 Å². The first-order valence-electron chi connectivity index (χ1n) is 7.51. The molecule has 0 aromatic heterocycles. The number of hydrogen-bond acceptors (Lipinski definition) is 5. The van der Waals surface area contributed by atoms with Gasteiger partial charge in [-0.25, -0.2) is 8.42 Å². The number of piperazine rings is 1. The van der Waals surface area contributed by atoms with Gasteiger partial charge in [-0.1, -0.05) is 25.9 Å². The van der Waals surface area contributed by atoms with Crippen molar-refractivity contribution in [3.8, 4) is 0 Å². The summed E-state index contributed by atoms with van der Waals surface area (Å²) in [5.41, 5.74) is 5.69. The molecule has 124 valence electrons. The summed E-state index contributed by atoms with van der Waals surface area (Å²) in [6.45, 7) is 8.16. The van der Waals surface area contributed by atoms with Gasteiger partial charge in [-0.05, 0) is 18.8 Å². The third kappa shape index (κ3) is 5.12. The Morgan fingerprint density at radius 1 is 1.29 bits per heavy atom. The van der Waals surface area contributed by atoms with E-state index in [9.17, 15) is 8.42 Å². The summed E-state index contributed by atoms with van der Waals surface area (Å²) in [7, 11) is -3.16. The van der Waals surface area contributed by atoms with E-state index in [4.69, 9.17) is 10.9 Å². The maximum Gasteiger partial charge on any atom is 0.214 e. The van der Waals surface area contributed by atoms with Crippen molar-refractivity contribution in [3.63, 3.8) is 0 Å². The number of hydrogen-bond donors (Lipinski definition) is 2. The summed E-state index contributed by atoms with van der Waals surface area (Å²) in [4.78, 5) is 2.07. The van der Waals surface area contributed by atoms with Crippen LogP contribution in [-0.4, -0.2) is 66.6 Å². The highest BCUT2D eigenvalue weighted by molar-refractivity contribution is 7.89. The minimum absolute atomic E-state index is 0.129. The van der Waals surface area contributed by atoms with Crippen LogP contribution in [0.1, 0.15) is 33.6 Å². The van der Waals surface area contributed by atoms with E-state index in [0.29, 0.717) is 38.5 Å². The Kier molecular flexibility index (Phi) is 6.89. The molecule has 1 saturated heterocycles. The molecule has 0 spiro atoms. The molecule has 0 aromatic carbocycles. The SMILES string of the molecule is CCC(C(N)=NO)N1CCN(S(=O)(=O)CCC(C)C)CC1. The lowest BCUT2D eigenvalue weighted by Gasteiger charge is -2.37. The number of rotatable bonds is 7. The third-order valence-electron chi connectivity index (χ3n) is 3.90. The van der Waals surface area contributed by atoms with Crippen LogP contribution in [0.5, 0.6) is 0 Å². The van der Waals surface area contributed by atoms with Crippen molar-refractivity contribution in [3.05, 3.63) is 0 Å². The molecule has 8 heteroatoms. The lowest BCUT2D eigenvalue weighted by Crippen LogP contribution is -2.55. The summed E-state index contributed by atoms with van der Waals surface area (Å²) in [6.07, 6.45) is 1.42. The van der Waals surface area contributed by atoms with Crippen molar-refractivity contribution in [1.29, 1.82) is 0 Å². The van der Waals surface area contributed by atoms with E-state index in [1.807, 2.05) is 20.8 Å². The van der Waals surface area contributed by atoms with Crippen LogP contribution < -0.4 is 5.73 Å². The van der Waals surface area contributed by atoms with Crippen LogP contribution in [0.3, 0.4) is 0 Å². The van der Waals surface area contributed by atoms with Crippen LogP contribution >= 0.6 is 0 Å². The first-order chi connectivity index (χ1) is 9.81. The number of nitrogens with zero attached hydrogens (tertiary/aromatic N) is 3. The van der Waals surface area contributed by atoms with Gasteiger partial charge in [0, 0.05) is 26.2 Å². The molecule has 7 nitrogen and oxygen atoms in total. The third-order valence-corrected chi connectivity index (χ3v) is 5.81. The van der Waals surface area contributed by atoms with Gasteiger partial charge in [0.2, 0.25) is 10.0 Å². The van der Waals surface area contributed by atoms with Gasteiger partial charge in [-0.3, -0.25) is 4.90 Å². The van der Waals surface area contributed by atoms with E-state index in [1.54, 1.807) is 4.31 Å². The fourth-order valence-electron chi connectivity index (χ4n) is 2.53. The number of oxime groups is 1. The highest BCUT2D eigenvalue weighted by atomic mass is 32.2. The number of nitrogens with two attached hydrogens (primary N) is 1. The molecule has 1 unspecified atom stereocenters. The molecule has 0 aliphatic carbocycles. The molecule has 3 N–H and O–H groups in total. The second-order valence-electron chi connectivity index (χ2n) is 5.88. The summed E-state index contributed by atoms with van der Waals surface area (Å²) < 4.78 is 26.1. The fraction of sp³-hybridized carbons (Fsp3) is 0.923. The average Bonchev–Trinajstić information content (AvgIpc) is 2.46. The maximum atomic E-state index is 12.2. The molecule has 1 aliphatic rings. The lowest BCUT2D eigenvalue weighted by molar-refractivity contribution is 0.161.